The van der Waals surface area contributed by atoms with E-state index in [2.05, 4.69) is 40.6 Å². The minimum atomic E-state index is -1.09. The lowest BCUT2D eigenvalue weighted by Gasteiger charge is -2.19. The van der Waals surface area contributed by atoms with Crippen molar-refractivity contribution in [1.29, 1.82) is 5.26 Å². The van der Waals surface area contributed by atoms with Crippen LogP contribution in [0.4, 0.5) is 0 Å². The Labute approximate surface area is 152 Å². The maximum atomic E-state index is 9.73. The summed E-state index contributed by atoms with van der Waals surface area (Å²) in [6.45, 7) is 0. The number of allylic oxidation sites excluding steroid dienone is 1. The summed E-state index contributed by atoms with van der Waals surface area (Å²) in [7, 11) is 0. The lowest BCUT2D eigenvalue weighted by molar-refractivity contribution is 0.527. The lowest BCUT2D eigenvalue weighted by Crippen LogP contribution is -2.40. The van der Waals surface area contributed by atoms with Gasteiger partial charge < -0.3 is 5.73 Å². The monoisotopic (exact) mass is 338 g/mol. The second-order valence-electron chi connectivity index (χ2n) is 6.54. The Hall–Kier alpha value is -3.29. The van der Waals surface area contributed by atoms with Crippen LogP contribution in [0.1, 0.15) is 11.1 Å². The molecular formula is C22H18N4. The number of nitriles is 1. The molecule has 2 N–H and O–H groups in total. The average molecular weight is 338 g/mol. The molecule has 3 aromatic rings. The van der Waals surface area contributed by atoms with Crippen molar-refractivity contribution in [2.45, 2.75) is 18.5 Å². The molecule has 0 spiro atoms. The molecule has 4 rings (SSSR count). The molecule has 1 atom stereocenters. The molecule has 1 aliphatic heterocycles. The van der Waals surface area contributed by atoms with Gasteiger partial charge >= 0.3 is 0 Å². The van der Waals surface area contributed by atoms with Crippen molar-refractivity contribution < 1.29 is 0 Å². The molecule has 0 saturated heterocycles. The van der Waals surface area contributed by atoms with E-state index >= 15 is 0 Å². The van der Waals surface area contributed by atoms with Crippen LogP contribution < -0.4 is 5.73 Å². The molecule has 126 valence electrons. The molecule has 4 heteroatoms. The summed E-state index contributed by atoms with van der Waals surface area (Å²) in [5.41, 5.74) is 8.64. The number of fused-ring (bicyclic) bond motifs is 1. The second-order valence-corrected chi connectivity index (χ2v) is 6.54. The molecule has 0 bridgehead atoms. The van der Waals surface area contributed by atoms with Gasteiger partial charge in [-0.05, 0) is 21.9 Å². The number of nitrogens with zero attached hydrogens (tertiary/aromatic N) is 3. The fourth-order valence-electron chi connectivity index (χ4n) is 3.44. The minimum Gasteiger partial charge on any atom is -0.301 e. The summed E-state index contributed by atoms with van der Waals surface area (Å²) >= 11 is 0. The van der Waals surface area contributed by atoms with Gasteiger partial charge in [0.15, 0.2) is 5.66 Å². The maximum absolute atomic E-state index is 9.73. The van der Waals surface area contributed by atoms with Gasteiger partial charge in [0.05, 0.1) is 11.3 Å². The van der Waals surface area contributed by atoms with E-state index in [0.717, 1.165) is 16.5 Å². The predicted octanol–water partition coefficient (Wildman–Crippen LogP) is 4.52. The summed E-state index contributed by atoms with van der Waals surface area (Å²) in [6, 6.07) is 26.5. The van der Waals surface area contributed by atoms with E-state index in [0.29, 0.717) is 24.1 Å². The van der Waals surface area contributed by atoms with Crippen LogP contribution in [0, 0.1) is 11.3 Å². The van der Waals surface area contributed by atoms with Gasteiger partial charge in [0.25, 0.3) is 0 Å². The van der Waals surface area contributed by atoms with Gasteiger partial charge in [-0.1, -0.05) is 72.8 Å². The zero-order valence-electron chi connectivity index (χ0n) is 14.3. The highest BCUT2D eigenvalue weighted by Crippen LogP contribution is 2.33. The number of benzene rings is 3. The van der Waals surface area contributed by atoms with Gasteiger partial charge in [0.1, 0.15) is 6.07 Å². The van der Waals surface area contributed by atoms with Crippen molar-refractivity contribution in [3.05, 3.63) is 95.2 Å². The topological polar surface area (TPSA) is 74.5 Å². The van der Waals surface area contributed by atoms with Crippen molar-refractivity contribution in [2.75, 3.05) is 0 Å². The number of rotatable bonds is 4. The zero-order chi connectivity index (χ0) is 18.0. The Bertz CT molecular complexity index is 1050. The summed E-state index contributed by atoms with van der Waals surface area (Å²) in [5.74, 6) is 0. The molecule has 0 unspecified atom stereocenters. The van der Waals surface area contributed by atoms with Crippen molar-refractivity contribution in [3.8, 4) is 6.07 Å². The van der Waals surface area contributed by atoms with E-state index in [4.69, 9.17) is 5.73 Å². The molecule has 4 nitrogen and oxygen atoms in total. The summed E-state index contributed by atoms with van der Waals surface area (Å²) in [4.78, 5) is 0. The summed E-state index contributed by atoms with van der Waals surface area (Å²) < 4.78 is 0. The number of azo groups is 1. The van der Waals surface area contributed by atoms with E-state index in [-0.39, 0.29) is 0 Å². The van der Waals surface area contributed by atoms with Crippen LogP contribution in [-0.4, -0.2) is 5.66 Å². The molecule has 0 radical (unpaired) electrons. The van der Waals surface area contributed by atoms with Crippen LogP contribution >= 0.6 is 0 Å². The Balaban J connectivity index is 1.70. The molecule has 3 aromatic carbocycles. The average Bonchev–Trinajstić information content (AvgIpc) is 2.98. The van der Waals surface area contributed by atoms with Crippen LogP contribution in [-0.2, 0) is 12.8 Å². The summed E-state index contributed by atoms with van der Waals surface area (Å²) in [5, 5.41) is 20.6. The van der Waals surface area contributed by atoms with Gasteiger partial charge in [-0.2, -0.15) is 15.5 Å². The normalized spacial score (nSPS) is 19.1. The molecule has 0 aliphatic carbocycles. The first-order chi connectivity index (χ1) is 12.7. The van der Waals surface area contributed by atoms with Crippen LogP contribution in [0.3, 0.4) is 0 Å². The van der Waals surface area contributed by atoms with Gasteiger partial charge in [-0.25, -0.2) is 0 Å². The van der Waals surface area contributed by atoms with Crippen molar-refractivity contribution >= 4 is 10.8 Å². The van der Waals surface area contributed by atoms with Crippen LogP contribution in [0.2, 0.25) is 0 Å². The second kappa shape index (κ2) is 6.55. The molecule has 0 amide bonds. The van der Waals surface area contributed by atoms with Crippen LogP contribution in [0.5, 0.6) is 0 Å². The highest BCUT2D eigenvalue weighted by molar-refractivity contribution is 5.86. The quantitative estimate of drug-likeness (QED) is 0.759. The number of hydrogen-bond donors (Lipinski definition) is 1. The largest absolute Gasteiger partial charge is 0.301 e. The van der Waals surface area contributed by atoms with Gasteiger partial charge in [-0.3, -0.25) is 0 Å². The third kappa shape index (κ3) is 2.90. The number of nitrogens with two attached hydrogens (primary N) is 1. The Morgan fingerprint density at radius 1 is 0.923 bits per heavy atom. The van der Waals surface area contributed by atoms with Gasteiger partial charge in [-0.15, -0.1) is 0 Å². The Morgan fingerprint density at radius 2 is 1.65 bits per heavy atom. The van der Waals surface area contributed by atoms with Crippen LogP contribution in [0.15, 0.2) is 94.3 Å². The standard InChI is InChI=1S/C22H18N4/c23-15-20-21(13-18-11-6-10-17-9-4-5-12-19(17)18)25-26-22(20,24)14-16-7-2-1-3-8-16/h1-12H,13-14,24H2/t22-/m1/s1. The zero-order valence-corrected chi connectivity index (χ0v) is 14.3. The highest BCUT2D eigenvalue weighted by atomic mass is 15.3. The van der Waals surface area contributed by atoms with Crippen molar-refractivity contribution in [2.24, 2.45) is 16.0 Å². The lowest BCUT2D eigenvalue weighted by atomic mass is 9.91. The van der Waals surface area contributed by atoms with E-state index in [1.807, 2.05) is 48.5 Å². The molecular weight excluding hydrogens is 320 g/mol. The van der Waals surface area contributed by atoms with Crippen molar-refractivity contribution in [1.82, 2.24) is 0 Å². The number of hydrogen-bond acceptors (Lipinski definition) is 4. The fourth-order valence-corrected chi connectivity index (χ4v) is 3.44. The van der Waals surface area contributed by atoms with Gasteiger partial charge in [0, 0.05) is 12.8 Å². The van der Waals surface area contributed by atoms with E-state index in [9.17, 15) is 5.26 Å². The molecule has 0 fully saturated rings. The highest BCUT2D eigenvalue weighted by Gasteiger charge is 2.37. The smallest absolute Gasteiger partial charge is 0.170 e. The first kappa shape index (κ1) is 16.2. The van der Waals surface area contributed by atoms with Crippen molar-refractivity contribution in [3.63, 3.8) is 0 Å². The molecule has 1 heterocycles. The Kier molecular flexibility index (Phi) is 4.08. The van der Waals surface area contributed by atoms with E-state index < -0.39 is 5.66 Å². The molecule has 1 aliphatic rings. The molecule has 26 heavy (non-hydrogen) atoms. The predicted molar refractivity (Wildman–Crippen MR) is 102 cm³/mol. The SMILES string of the molecule is N#CC1=C(Cc2cccc3ccccc23)N=N[C@]1(N)Cc1ccccc1. The van der Waals surface area contributed by atoms with E-state index in [1.165, 1.54) is 5.39 Å². The summed E-state index contributed by atoms with van der Waals surface area (Å²) in [6.07, 6.45) is 1.00. The fraction of sp³-hybridized carbons (Fsp3) is 0.136. The maximum Gasteiger partial charge on any atom is 0.170 e. The van der Waals surface area contributed by atoms with Gasteiger partial charge in [0.2, 0.25) is 0 Å². The third-order valence-electron chi connectivity index (χ3n) is 4.74. The van der Waals surface area contributed by atoms with E-state index in [1.54, 1.807) is 0 Å². The third-order valence-corrected chi connectivity index (χ3v) is 4.74. The molecule has 0 saturated carbocycles. The minimum absolute atomic E-state index is 0.453. The first-order valence-electron chi connectivity index (χ1n) is 8.56. The van der Waals surface area contributed by atoms with Crippen LogP contribution in [0.25, 0.3) is 10.8 Å². The first-order valence-corrected chi connectivity index (χ1v) is 8.56. The Morgan fingerprint density at radius 3 is 2.46 bits per heavy atom. The molecule has 0 aromatic heterocycles.